The van der Waals surface area contributed by atoms with Crippen molar-refractivity contribution in [2.45, 2.75) is 62.8 Å². The van der Waals surface area contributed by atoms with Gasteiger partial charge in [-0.25, -0.2) is 0 Å². The first-order chi connectivity index (χ1) is 8.67. The number of carbonyl (C=O) groups is 2. The van der Waals surface area contributed by atoms with Crippen molar-refractivity contribution in [3.63, 3.8) is 0 Å². The van der Waals surface area contributed by atoms with Gasteiger partial charge in [-0.05, 0) is 13.8 Å². The van der Waals surface area contributed by atoms with Gasteiger partial charge in [0.25, 0.3) is 0 Å². The second-order valence-corrected chi connectivity index (χ2v) is 8.68. The molecule has 0 fully saturated rings. The van der Waals surface area contributed by atoms with Gasteiger partial charge in [0.1, 0.15) is 11.6 Å². The standard InChI is InChI=1S/2C4H5NO.2C3H7.Ti/c2*1-4(6)2-3-5;2*1-3-2;/h2*2H2,1H3;2*3H,1-2H3;. The van der Waals surface area contributed by atoms with E-state index in [9.17, 15) is 9.59 Å². The van der Waals surface area contributed by atoms with Crippen LogP contribution >= 0.6 is 0 Å². The number of Topliss-reactive ketones (excluding diaryl/α,β-unsaturated/α-hetero) is 2. The zero-order valence-electron chi connectivity index (χ0n) is 12.8. The van der Waals surface area contributed by atoms with Gasteiger partial charge < -0.3 is 0 Å². The second kappa shape index (κ2) is 17.0. The van der Waals surface area contributed by atoms with Gasteiger partial charge in [-0.15, -0.1) is 0 Å². The predicted octanol–water partition coefficient (Wildman–Crippen LogP) is 3.70. The molecule has 0 saturated heterocycles. The quantitative estimate of drug-likeness (QED) is 0.741. The molecule has 0 aromatic heterocycles. The van der Waals surface area contributed by atoms with E-state index in [1.54, 1.807) is 12.1 Å². The molecule has 0 amide bonds. The fraction of sp³-hybridized carbons (Fsp3) is 0.714. The monoisotopic (exact) mass is 300 g/mol. The Kier molecular flexibility index (Phi) is 20.8. The summed E-state index contributed by atoms with van der Waals surface area (Å²) >= 11 is 0.389. The molecule has 106 valence electrons. The Bertz CT molecular complexity index is 293. The first-order valence-electron chi connectivity index (χ1n) is 6.16. The molecule has 0 radical (unpaired) electrons. The molecule has 5 heteroatoms. The van der Waals surface area contributed by atoms with E-state index < -0.39 is 0 Å². The van der Waals surface area contributed by atoms with Crippen LogP contribution < -0.4 is 0 Å². The summed E-state index contributed by atoms with van der Waals surface area (Å²) in [7, 11) is 0. The molecular weight excluding hydrogens is 276 g/mol. The Labute approximate surface area is 126 Å². The van der Waals surface area contributed by atoms with Crippen molar-refractivity contribution in [1.29, 1.82) is 10.5 Å². The maximum atomic E-state index is 9.82. The van der Waals surface area contributed by atoms with E-state index in [4.69, 9.17) is 10.5 Å². The van der Waals surface area contributed by atoms with E-state index in [-0.39, 0.29) is 24.4 Å². The van der Waals surface area contributed by atoms with Gasteiger partial charge in [0.2, 0.25) is 0 Å². The average Bonchev–Trinajstić information content (AvgIpc) is 2.15. The Hall–Kier alpha value is -0.966. The van der Waals surface area contributed by atoms with E-state index in [1.807, 2.05) is 0 Å². The minimum atomic E-state index is -0.0718. The molecule has 0 bridgehead atoms. The third-order valence-corrected chi connectivity index (χ3v) is 3.40. The van der Waals surface area contributed by atoms with Crippen molar-refractivity contribution >= 4 is 11.6 Å². The van der Waals surface area contributed by atoms with Crippen LogP contribution in [0.15, 0.2) is 0 Å². The van der Waals surface area contributed by atoms with Crippen LogP contribution in [-0.4, -0.2) is 11.6 Å². The molecule has 0 spiro atoms. The minimum absolute atomic E-state index is 0.0417. The summed E-state index contributed by atoms with van der Waals surface area (Å²) in [5, 5.41) is 15.5. The number of hydrogen-bond acceptors (Lipinski definition) is 4. The molecule has 0 aliphatic heterocycles. The number of carbonyl (C=O) groups excluding carboxylic acids is 2. The number of nitrogens with zero attached hydrogens (tertiary/aromatic N) is 2. The molecule has 0 rings (SSSR count). The number of ketones is 2. The predicted molar refractivity (Wildman–Crippen MR) is 72.0 cm³/mol. The van der Waals surface area contributed by atoms with Crippen LogP contribution in [0.5, 0.6) is 0 Å². The summed E-state index contributed by atoms with van der Waals surface area (Å²) in [6.45, 7) is 12.1. The van der Waals surface area contributed by atoms with E-state index >= 15 is 0 Å². The molecule has 0 aliphatic carbocycles. The second-order valence-electron chi connectivity index (χ2n) is 4.55. The van der Waals surface area contributed by atoms with E-state index in [2.05, 4.69) is 27.7 Å². The van der Waals surface area contributed by atoms with Gasteiger partial charge in [-0.3, -0.25) is 9.59 Å². The molecule has 0 aromatic carbocycles. The van der Waals surface area contributed by atoms with Gasteiger partial charge in [-0.1, -0.05) is 0 Å². The van der Waals surface area contributed by atoms with E-state index in [0.717, 1.165) is 8.45 Å². The summed E-state index contributed by atoms with van der Waals surface area (Å²) in [6.07, 6.45) is 0.0833. The Balaban J connectivity index is -0.000000203. The van der Waals surface area contributed by atoms with Crippen molar-refractivity contribution in [2.75, 3.05) is 0 Å². The van der Waals surface area contributed by atoms with E-state index in [0.29, 0.717) is 19.2 Å². The van der Waals surface area contributed by atoms with Gasteiger partial charge in [-0.2, -0.15) is 10.5 Å². The summed E-state index contributed by atoms with van der Waals surface area (Å²) in [5.41, 5.74) is 0. The zero-order valence-corrected chi connectivity index (χ0v) is 14.3. The number of hydrogen-bond donors (Lipinski definition) is 0. The van der Waals surface area contributed by atoms with Gasteiger partial charge in [0, 0.05) is 0 Å². The molecule has 0 atom stereocenters. The Morgan fingerprint density at radius 3 is 1.16 bits per heavy atom. The van der Waals surface area contributed by atoms with Crippen LogP contribution in [0.2, 0.25) is 8.45 Å². The van der Waals surface area contributed by atoms with Crippen LogP contribution in [0, 0.1) is 22.7 Å². The third kappa shape index (κ3) is 47.2. The SMILES string of the molecule is CC(=O)CC#N.CC(=O)CC#N.C[CH](C)[Ti][CH](C)C. The van der Waals surface area contributed by atoms with Crippen molar-refractivity contribution in [2.24, 2.45) is 0 Å². The van der Waals surface area contributed by atoms with Crippen molar-refractivity contribution in [1.82, 2.24) is 0 Å². The normalized spacial score (nSPS) is 8.11. The number of rotatable bonds is 4. The van der Waals surface area contributed by atoms with Gasteiger partial charge in [0.15, 0.2) is 0 Å². The Morgan fingerprint density at radius 1 is 0.895 bits per heavy atom. The van der Waals surface area contributed by atoms with Crippen LogP contribution in [0.4, 0.5) is 0 Å². The molecule has 19 heavy (non-hydrogen) atoms. The number of nitriles is 2. The fourth-order valence-corrected chi connectivity index (χ4v) is 2.97. The third-order valence-electron chi connectivity index (χ3n) is 1.32. The first-order valence-corrected chi connectivity index (χ1v) is 7.96. The summed E-state index contributed by atoms with van der Waals surface area (Å²) in [5.74, 6) is -0.144. The molecular formula is C14H24N2O2Ti. The summed E-state index contributed by atoms with van der Waals surface area (Å²) in [6, 6.07) is 3.44. The van der Waals surface area contributed by atoms with Crippen molar-refractivity contribution < 1.29 is 28.7 Å². The van der Waals surface area contributed by atoms with Gasteiger partial charge >= 0.3 is 55.3 Å². The summed E-state index contributed by atoms with van der Waals surface area (Å²) in [4.78, 5) is 19.6. The molecule has 0 aliphatic rings. The molecule has 0 N–H and O–H groups in total. The zero-order chi connectivity index (χ0) is 15.8. The molecule has 0 unspecified atom stereocenters. The maximum absolute atomic E-state index is 9.82. The van der Waals surface area contributed by atoms with Crippen LogP contribution in [0.1, 0.15) is 54.4 Å². The Morgan fingerprint density at radius 2 is 1.16 bits per heavy atom. The molecule has 0 saturated carbocycles. The summed E-state index contributed by atoms with van der Waals surface area (Å²) < 4.78 is 2.00. The first kappa shape index (κ1) is 23.2. The van der Waals surface area contributed by atoms with Gasteiger partial charge in [0.05, 0.1) is 25.0 Å². The van der Waals surface area contributed by atoms with Crippen LogP contribution in [0.25, 0.3) is 0 Å². The molecule has 4 nitrogen and oxygen atoms in total. The fourth-order valence-electron chi connectivity index (χ4n) is 0.889. The average molecular weight is 300 g/mol. The topological polar surface area (TPSA) is 81.7 Å². The van der Waals surface area contributed by atoms with E-state index in [1.165, 1.54) is 13.8 Å². The van der Waals surface area contributed by atoms with Crippen molar-refractivity contribution in [3.8, 4) is 12.1 Å². The van der Waals surface area contributed by atoms with Crippen LogP contribution in [-0.2, 0) is 28.7 Å². The van der Waals surface area contributed by atoms with Crippen molar-refractivity contribution in [3.05, 3.63) is 0 Å². The molecule has 0 heterocycles. The molecule has 0 aromatic rings. The van der Waals surface area contributed by atoms with Crippen LogP contribution in [0.3, 0.4) is 0 Å².